The lowest BCUT2D eigenvalue weighted by Crippen LogP contribution is -2.27. The first kappa shape index (κ1) is 5.61. The van der Waals surface area contributed by atoms with Crippen LogP contribution in [0, 0.1) is 23.7 Å². The molecule has 0 N–H and O–H groups in total. The molecule has 5 aliphatic rings. The van der Waals surface area contributed by atoms with E-state index in [1.165, 1.54) is 12.8 Å². The monoisotopic (exact) mass is 164 g/mol. The first-order chi connectivity index (χ1) is 5.93. The van der Waals surface area contributed by atoms with E-state index in [2.05, 4.69) is 0 Å². The molecule has 2 bridgehead atoms. The number of ether oxygens (including phenoxy) is 2. The van der Waals surface area contributed by atoms with E-state index in [4.69, 9.17) is 9.47 Å². The summed E-state index contributed by atoms with van der Waals surface area (Å²) in [6.07, 6.45) is 5.58. The highest BCUT2D eigenvalue weighted by Crippen LogP contribution is 2.69. The van der Waals surface area contributed by atoms with Crippen molar-refractivity contribution < 1.29 is 9.47 Å². The summed E-state index contributed by atoms with van der Waals surface area (Å²) < 4.78 is 11.3. The molecule has 8 atom stereocenters. The summed E-state index contributed by atoms with van der Waals surface area (Å²) in [5, 5.41) is 0. The van der Waals surface area contributed by atoms with E-state index in [9.17, 15) is 0 Å². The van der Waals surface area contributed by atoms with E-state index in [1.807, 2.05) is 0 Å². The third-order valence-electron chi connectivity index (χ3n) is 4.99. The number of fused-ring (bicyclic) bond motifs is 10. The Hall–Kier alpha value is -0.0800. The van der Waals surface area contributed by atoms with Gasteiger partial charge in [-0.2, -0.15) is 0 Å². The Balaban J connectivity index is 1.66. The third-order valence-corrected chi connectivity index (χ3v) is 4.99. The Kier molecular flexibility index (Phi) is 0.644. The van der Waals surface area contributed by atoms with Crippen LogP contribution in [0.5, 0.6) is 0 Å². The maximum Gasteiger partial charge on any atom is 0.0876 e. The molecule has 0 amide bonds. The van der Waals surface area contributed by atoms with E-state index in [1.54, 1.807) is 0 Å². The molecule has 5 fully saturated rings. The average molecular weight is 164 g/mol. The lowest BCUT2D eigenvalue weighted by molar-refractivity contribution is 0.162. The molecule has 0 aromatic heterocycles. The number of hydrogen-bond donors (Lipinski definition) is 0. The molecule has 2 saturated heterocycles. The lowest BCUT2D eigenvalue weighted by Gasteiger charge is -2.22. The predicted molar refractivity (Wildman–Crippen MR) is 40.5 cm³/mol. The molecular formula is C10H12O2. The molecular weight excluding hydrogens is 152 g/mol. The highest BCUT2D eigenvalue weighted by Gasteiger charge is 2.74. The zero-order chi connectivity index (χ0) is 7.45. The van der Waals surface area contributed by atoms with Crippen molar-refractivity contribution in [1.82, 2.24) is 0 Å². The van der Waals surface area contributed by atoms with Crippen LogP contribution in [0.15, 0.2) is 0 Å². The summed E-state index contributed by atoms with van der Waals surface area (Å²) >= 11 is 0. The van der Waals surface area contributed by atoms with Gasteiger partial charge in [0.15, 0.2) is 0 Å². The molecule has 12 heavy (non-hydrogen) atoms. The zero-order valence-electron chi connectivity index (χ0n) is 6.85. The van der Waals surface area contributed by atoms with E-state index in [-0.39, 0.29) is 0 Å². The van der Waals surface area contributed by atoms with E-state index < -0.39 is 0 Å². The van der Waals surface area contributed by atoms with Crippen LogP contribution in [0.3, 0.4) is 0 Å². The summed E-state index contributed by atoms with van der Waals surface area (Å²) in [6, 6.07) is 0. The molecule has 2 nitrogen and oxygen atoms in total. The van der Waals surface area contributed by atoms with Crippen LogP contribution in [-0.2, 0) is 9.47 Å². The predicted octanol–water partition coefficient (Wildman–Crippen LogP) is 0.807. The lowest BCUT2D eigenvalue weighted by atomic mass is 9.81. The molecule has 64 valence electrons. The fraction of sp³-hybridized carbons (Fsp3) is 1.00. The maximum absolute atomic E-state index is 5.69. The highest BCUT2D eigenvalue weighted by molar-refractivity contribution is 5.21. The van der Waals surface area contributed by atoms with Gasteiger partial charge in [-0.05, 0) is 36.5 Å². The van der Waals surface area contributed by atoms with Crippen molar-refractivity contribution in [3.05, 3.63) is 0 Å². The largest absolute Gasteiger partial charge is 0.369 e. The average Bonchev–Trinajstić information content (AvgIpc) is 2.92. The second-order valence-corrected chi connectivity index (χ2v) is 5.24. The van der Waals surface area contributed by atoms with Crippen LogP contribution < -0.4 is 0 Å². The van der Waals surface area contributed by atoms with Crippen LogP contribution in [0.1, 0.15) is 12.8 Å². The SMILES string of the molecule is C1[C@@H]2[C@H]3C[C@H]4O[C@H]4[C@@H]3[C@H]1[C@@H]1O[C@H]21. The molecule has 2 heteroatoms. The van der Waals surface area contributed by atoms with Gasteiger partial charge in [0, 0.05) is 0 Å². The number of hydrogen-bond acceptors (Lipinski definition) is 2. The van der Waals surface area contributed by atoms with Gasteiger partial charge in [-0.25, -0.2) is 0 Å². The van der Waals surface area contributed by atoms with Gasteiger partial charge >= 0.3 is 0 Å². The molecule has 0 spiro atoms. The van der Waals surface area contributed by atoms with Gasteiger partial charge in [-0.3, -0.25) is 0 Å². The smallest absolute Gasteiger partial charge is 0.0876 e. The van der Waals surface area contributed by atoms with E-state index in [0.29, 0.717) is 24.4 Å². The minimum atomic E-state index is 0.676. The summed E-state index contributed by atoms with van der Waals surface area (Å²) in [6.45, 7) is 0. The van der Waals surface area contributed by atoms with Crippen molar-refractivity contribution in [2.24, 2.45) is 23.7 Å². The molecule has 0 aromatic carbocycles. The standard InChI is InChI=1S/C10H12O2/c1-4-3-2-6-10(11-6)7(3)5(1)9-8(4)12-9/h3-10H,1-2H2/t3-,4-,5+,6-,7+,8-,9+,10-/m1/s1. The van der Waals surface area contributed by atoms with Crippen LogP contribution in [-0.4, -0.2) is 24.4 Å². The second-order valence-electron chi connectivity index (χ2n) is 5.24. The van der Waals surface area contributed by atoms with E-state index in [0.717, 1.165) is 23.7 Å². The second kappa shape index (κ2) is 1.38. The molecule has 3 saturated carbocycles. The van der Waals surface area contributed by atoms with Crippen LogP contribution in [0.25, 0.3) is 0 Å². The molecule has 2 aliphatic heterocycles. The maximum atomic E-state index is 5.69. The van der Waals surface area contributed by atoms with Gasteiger partial charge < -0.3 is 9.47 Å². The van der Waals surface area contributed by atoms with Gasteiger partial charge in [-0.1, -0.05) is 0 Å². The van der Waals surface area contributed by atoms with Crippen LogP contribution in [0.2, 0.25) is 0 Å². The number of epoxide rings is 2. The van der Waals surface area contributed by atoms with Crippen molar-refractivity contribution in [3.8, 4) is 0 Å². The van der Waals surface area contributed by atoms with Gasteiger partial charge in [0.25, 0.3) is 0 Å². The first-order valence-corrected chi connectivity index (χ1v) is 5.24. The van der Waals surface area contributed by atoms with Crippen molar-refractivity contribution in [2.75, 3.05) is 0 Å². The Labute approximate surface area is 71.2 Å². The fourth-order valence-electron chi connectivity index (χ4n) is 4.58. The molecule has 2 heterocycles. The van der Waals surface area contributed by atoms with Gasteiger partial charge in [0.1, 0.15) is 0 Å². The highest BCUT2D eigenvalue weighted by atomic mass is 16.6. The summed E-state index contributed by atoms with van der Waals surface area (Å²) in [4.78, 5) is 0. The van der Waals surface area contributed by atoms with Crippen LogP contribution >= 0.6 is 0 Å². The van der Waals surface area contributed by atoms with Crippen molar-refractivity contribution in [3.63, 3.8) is 0 Å². The topological polar surface area (TPSA) is 25.1 Å². The molecule has 3 aliphatic carbocycles. The molecule has 5 rings (SSSR count). The summed E-state index contributed by atoms with van der Waals surface area (Å²) in [5.74, 6) is 3.77. The third kappa shape index (κ3) is 0.409. The Bertz CT molecular complexity index is 273. The van der Waals surface area contributed by atoms with E-state index >= 15 is 0 Å². The Morgan fingerprint density at radius 3 is 2.67 bits per heavy atom. The first-order valence-electron chi connectivity index (χ1n) is 5.24. The molecule has 0 radical (unpaired) electrons. The Morgan fingerprint density at radius 2 is 1.67 bits per heavy atom. The van der Waals surface area contributed by atoms with Crippen molar-refractivity contribution in [1.29, 1.82) is 0 Å². The normalized spacial score (nSPS) is 80.0. The minimum Gasteiger partial charge on any atom is -0.369 e. The molecule has 0 unspecified atom stereocenters. The fourth-order valence-corrected chi connectivity index (χ4v) is 4.58. The van der Waals surface area contributed by atoms with Crippen LogP contribution in [0.4, 0.5) is 0 Å². The Morgan fingerprint density at radius 1 is 0.750 bits per heavy atom. The minimum absolute atomic E-state index is 0.676. The van der Waals surface area contributed by atoms with Crippen molar-refractivity contribution in [2.45, 2.75) is 37.3 Å². The van der Waals surface area contributed by atoms with Gasteiger partial charge in [0.05, 0.1) is 24.4 Å². The number of rotatable bonds is 0. The quantitative estimate of drug-likeness (QED) is 0.495. The van der Waals surface area contributed by atoms with Gasteiger partial charge in [0.2, 0.25) is 0 Å². The van der Waals surface area contributed by atoms with Crippen molar-refractivity contribution >= 4 is 0 Å². The summed E-state index contributed by atoms with van der Waals surface area (Å²) in [7, 11) is 0. The van der Waals surface area contributed by atoms with Gasteiger partial charge in [-0.15, -0.1) is 0 Å². The summed E-state index contributed by atoms with van der Waals surface area (Å²) in [5.41, 5.74) is 0. The molecule has 0 aromatic rings. The zero-order valence-corrected chi connectivity index (χ0v) is 6.85.